The van der Waals surface area contributed by atoms with E-state index in [0.717, 1.165) is 25.9 Å². The van der Waals surface area contributed by atoms with Crippen LogP contribution in [0.2, 0.25) is 0 Å². The van der Waals surface area contributed by atoms with Crippen LogP contribution in [0.4, 0.5) is 0 Å². The lowest BCUT2D eigenvalue weighted by Crippen LogP contribution is -2.30. The van der Waals surface area contributed by atoms with Crippen molar-refractivity contribution in [3.63, 3.8) is 0 Å². The number of hydrogen-bond donors (Lipinski definition) is 3. The minimum atomic E-state index is -0.911. The average molecular weight is 242 g/mol. The number of hydrogen-bond acceptors (Lipinski definition) is 4. The highest BCUT2D eigenvalue weighted by atomic mass is 32.1. The van der Waals surface area contributed by atoms with E-state index in [2.05, 4.69) is 16.8 Å². The molecule has 0 aromatic carbocycles. The molecule has 0 saturated heterocycles. The van der Waals surface area contributed by atoms with Crippen molar-refractivity contribution in [2.45, 2.75) is 31.8 Å². The molecule has 4 nitrogen and oxygen atoms in total. The summed E-state index contributed by atoms with van der Waals surface area (Å²) < 4.78 is 0. The number of nitrogens with one attached hydrogen (secondary N) is 1. The van der Waals surface area contributed by atoms with Crippen molar-refractivity contribution in [3.05, 3.63) is 22.4 Å². The fourth-order valence-electron chi connectivity index (χ4n) is 1.36. The summed E-state index contributed by atoms with van der Waals surface area (Å²) in [4.78, 5) is 11.8. The normalized spacial score (nSPS) is 12.6. The molecule has 0 fully saturated rings. The first-order valence-electron chi connectivity index (χ1n) is 5.41. The fraction of sp³-hybridized carbons (Fsp3) is 0.545. The van der Waals surface area contributed by atoms with Gasteiger partial charge in [0.2, 0.25) is 0 Å². The fourth-order valence-corrected chi connectivity index (χ4v) is 2.04. The standard InChI is InChI=1S/C11H18N2O2S/c12-10(11(14)15)5-1-2-6-13-8-9-4-3-7-16-9/h3-4,7,10,13H,1-2,5-6,8,12H2,(H,14,15)/t10-/m0/s1. The number of carboxylic acids is 1. The number of aliphatic carboxylic acids is 1. The Morgan fingerprint density at radius 2 is 2.38 bits per heavy atom. The summed E-state index contributed by atoms with van der Waals surface area (Å²) in [5.74, 6) is -0.911. The minimum absolute atomic E-state index is 0.552. The van der Waals surface area contributed by atoms with E-state index in [1.54, 1.807) is 11.3 Å². The summed E-state index contributed by atoms with van der Waals surface area (Å²) in [5.41, 5.74) is 5.39. The Balaban J connectivity index is 1.94. The van der Waals surface area contributed by atoms with Gasteiger partial charge >= 0.3 is 5.97 Å². The van der Waals surface area contributed by atoms with E-state index < -0.39 is 12.0 Å². The van der Waals surface area contributed by atoms with Crippen molar-refractivity contribution in [2.75, 3.05) is 6.54 Å². The van der Waals surface area contributed by atoms with Gasteiger partial charge in [0.1, 0.15) is 6.04 Å². The highest BCUT2D eigenvalue weighted by Gasteiger charge is 2.09. The Morgan fingerprint density at radius 3 is 3.00 bits per heavy atom. The van der Waals surface area contributed by atoms with Crippen molar-refractivity contribution in [1.82, 2.24) is 5.32 Å². The summed E-state index contributed by atoms with van der Waals surface area (Å²) in [7, 11) is 0. The minimum Gasteiger partial charge on any atom is -0.480 e. The molecule has 16 heavy (non-hydrogen) atoms. The molecule has 1 atom stereocenters. The monoisotopic (exact) mass is 242 g/mol. The van der Waals surface area contributed by atoms with Crippen molar-refractivity contribution >= 4 is 17.3 Å². The second-order valence-electron chi connectivity index (χ2n) is 3.70. The lowest BCUT2D eigenvalue weighted by molar-refractivity contribution is -0.138. The summed E-state index contributed by atoms with van der Waals surface area (Å²) in [5, 5.41) is 13.9. The summed E-state index contributed by atoms with van der Waals surface area (Å²) in [6, 6.07) is 3.42. The largest absolute Gasteiger partial charge is 0.480 e. The van der Waals surface area contributed by atoms with Gasteiger partial charge < -0.3 is 16.2 Å². The molecule has 0 bridgehead atoms. The maximum atomic E-state index is 10.4. The average Bonchev–Trinajstić information content (AvgIpc) is 2.75. The van der Waals surface area contributed by atoms with Crippen LogP contribution in [0.25, 0.3) is 0 Å². The molecule has 0 aliphatic carbocycles. The van der Waals surface area contributed by atoms with Crippen LogP contribution in [0.3, 0.4) is 0 Å². The number of carboxylic acid groups (broad SMARTS) is 1. The van der Waals surface area contributed by atoms with E-state index in [9.17, 15) is 4.79 Å². The molecular formula is C11H18N2O2S. The molecule has 90 valence electrons. The Hall–Kier alpha value is -0.910. The molecule has 0 unspecified atom stereocenters. The zero-order valence-corrected chi connectivity index (χ0v) is 10.0. The van der Waals surface area contributed by atoms with E-state index in [0.29, 0.717) is 6.42 Å². The first-order chi connectivity index (χ1) is 7.70. The molecule has 1 rings (SSSR count). The van der Waals surface area contributed by atoms with Gasteiger partial charge in [0.15, 0.2) is 0 Å². The van der Waals surface area contributed by atoms with Crippen LogP contribution in [-0.4, -0.2) is 23.7 Å². The highest BCUT2D eigenvalue weighted by Crippen LogP contribution is 2.07. The van der Waals surface area contributed by atoms with Gasteiger partial charge in [-0.3, -0.25) is 4.79 Å². The predicted molar refractivity (Wildman–Crippen MR) is 65.5 cm³/mol. The van der Waals surface area contributed by atoms with Gasteiger partial charge in [-0.2, -0.15) is 0 Å². The van der Waals surface area contributed by atoms with Crippen LogP contribution < -0.4 is 11.1 Å². The van der Waals surface area contributed by atoms with Crippen LogP contribution in [0, 0.1) is 0 Å². The molecule has 0 saturated carbocycles. The third-order valence-corrected chi connectivity index (χ3v) is 3.19. The summed E-state index contributed by atoms with van der Waals surface area (Å²) in [6.45, 7) is 1.80. The zero-order chi connectivity index (χ0) is 11.8. The molecule has 0 aliphatic rings. The molecular weight excluding hydrogens is 224 g/mol. The second kappa shape index (κ2) is 7.38. The topological polar surface area (TPSA) is 75.3 Å². The van der Waals surface area contributed by atoms with Crippen molar-refractivity contribution in [3.8, 4) is 0 Å². The molecule has 1 heterocycles. The maximum absolute atomic E-state index is 10.4. The number of unbranched alkanes of at least 4 members (excludes halogenated alkanes) is 1. The van der Waals surface area contributed by atoms with E-state index in [1.807, 2.05) is 6.07 Å². The van der Waals surface area contributed by atoms with Crippen LogP contribution in [0.1, 0.15) is 24.1 Å². The number of thiophene rings is 1. The number of nitrogens with two attached hydrogens (primary N) is 1. The Morgan fingerprint density at radius 1 is 1.56 bits per heavy atom. The summed E-state index contributed by atoms with van der Waals surface area (Å²) in [6.07, 6.45) is 2.37. The molecule has 0 amide bonds. The lowest BCUT2D eigenvalue weighted by atomic mass is 10.1. The zero-order valence-electron chi connectivity index (χ0n) is 9.19. The maximum Gasteiger partial charge on any atom is 0.320 e. The first-order valence-corrected chi connectivity index (χ1v) is 6.29. The van der Waals surface area contributed by atoms with Crippen LogP contribution in [-0.2, 0) is 11.3 Å². The molecule has 0 radical (unpaired) electrons. The molecule has 1 aromatic rings. The van der Waals surface area contributed by atoms with E-state index in [4.69, 9.17) is 10.8 Å². The van der Waals surface area contributed by atoms with Crippen LogP contribution in [0.5, 0.6) is 0 Å². The van der Waals surface area contributed by atoms with Gasteiger partial charge in [-0.15, -0.1) is 11.3 Å². The van der Waals surface area contributed by atoms with Gasteiger partial charge in [0.25, 0.3) is 0 Å². The third-order valence-electron chi connectivity index (χ3n) is 2.32. The lowest BCUT2D eigenvalue weighted by Gasteiger charge is -2.06. The molecule has 1 aromatic heterocycles. The molecule has 0 spiro atoms. The SMILES string of the molecule is N[C@@H](CCCCNCc1cccs1)C(=O)O. The molecule has 4 N–H and O–H groups in total. The number of rotatable bonds is 8. The van der Waals surface area contributed by atoms with Gasteiger partial charge in [-0.1, -0.05) is 12.5 Å². The van der Waals surface area contributed by atoms with Gasteiger partial charge in [0.05, 0.1) is 0 Å². The van der Waals surface area contributed by atoms with Crippen molar-refractivity contribution in [1.29, 1.82) is 0 Å². The Kier molecular flexibility index (Phi) is 6.07. The smallest absolute Gasteiger partial charge is 0.320 e. The molecule has 5 heteroatoms. The summed E-state index contributed by atoms with van der Waals surface area (Å²) >= 11 is 1.74. The predicted octanol–water partition coefficient (Wildman–Crippen LogP) is 1.42. The van der Waals surface area contributed by atoms with Gasteiger partial charge in [-0.25, -0.2) is 0 Å². The third kappa shape index (κ3) is 5.25. The second-order valence-corrected chi connectivity index (χ2v) is 4.73. The Labute approximate surface area is 99.5 Å². The number of carbonyl (C=O) groups is 1. The van der Waals surface area contributed by atoms with Crippen LogP contribution in [0.15, 0.2) is 17.5 Å². The molecule has 0 aliphatic heterocycles. The van der Waals surface area contributed by atoms with Crippen molar-refractivity contribution < 1.29 is 9.90 Å². The first kappa shape index (κ1) is 13.2. The van der Waals surface area contributed by atoms with Crippen molar-refractivity contribution in [2.24, 2.45) is 5.73 Å². The Bertz CT molecular complexity index is 301. The van der Waals surface area contributed by atoms with Gasteiger partial charge in [0, 0.05) is 11.4 Å². The quantitative estimate of drug-likeness (QED) is 0.603. The van der Waals surface area contributed by atoms with Crippen LogP contribution >= 0.6 is 11.3 Å². The highest BCUT2D eigenvalue weighted by molar-refractivity contribution is 7.09. The van der Waals surface area contributed by atoms with E-state index in [1.165, 1.54) is 4.88 Å². The van der Waals surface area contributed by atoms with E-state index in [-0.39, 0.29) is 0 Å². The van der Waals surface area contributed by atoms with Gasteiger partial charge in [-0.05, 0) is 30.8 Å². The van der Waals surface area contributed by atoms with E-state index >= 15 is 0 Å².